The number of carboxylic acids is 1. The van der Waals surface area contributed by atoms with Gasteiger partial charge >= 0.3 is 11.8 Å². The molecule has 0 aromatic heterocycles. The zero-order valence-electron chi connectivity index (χ0n) is 15.9. The molecule has 1 saturated heterocycles. The normalized spacial score (nSPS) is 32.8. The Bertz CT molecular complexity index is 662. The van der Waals surface area contributed by atoms with E-state index in [2.05, 4.69) is 0 Å². The third-order valence-corrected chi connectivity index (χ3v) is 5.06. The van der Waals surface area contributed by atoms with E-state index in [1.54, 1.807) is 12.1 Å². The highest BCUT2D eigenvalue weighted by molar-refractivity contribution is 5.77. The summed E-state index contributed by atoms with van der Waals surface area (Å²) < 4.78 is 25.6. The van der Waals surface area contributed by atoms with E-state index in [-0.39, 0.29) is 11.7 Å². The van der Waals surface area contributed by atoms with Crippen LogP contribution in [0.1, 0.15) is 32.3 Å². The number of alkyl halides is 1. The molecule has 28 heavy (non-hydrogen) atoms. The highest BCUT2D eigenvalue weighted by atomic mass is 19.1. The maximum Gasteiger partial charge on any atom is 0.380 e. The van der Waals surface area contributed by atoms with Crippen LogP contribution in [0.5, 0.6) is 5.75 Å². The summed E-state index contributed by atoms with van der Waals surface area (Å²) in [4.78, 5) is 11.9. The molecule has 5 N–H and O–H groups in total. The molecule has 0 spiro atoms. The van der Waals surface area contributed by atoms with Gasteiger partial charge in [0.2, 0.25) is 6.17 Å². The van der Waals surface area contributed by atoms with Crippen molar-refractivity contribution in [3.05, 3.63) is 29.8 Å². The van der Waals surface area contributed by atoms with E-state index in [4.69, 9.17) is 14.6 Å². The Balaban J connectivity index is 2.39. The fraction of sp³-hybridized carbons (Fsp3) is 0.632. The van der Waals surface area contributed by atoms with Crippen molar-refractivity contribution in [2.45, 2.75) is 63.1 Å². The highest BCUT2D eigenvalue weighted by Crippen LogP contribution is 2.39. The van der Waals surface area contributed by atoms with E-state index in [0.717, 1.165) is 5.56 Å². The summed E-state index contributed by atoms with van der Waals surface area (Å²) in [5, 5.41) is 48.8. The summed E-state index contributed by atoms with van der Waals surface area (Å²) in [5.41, 5.74) is 0.950. The van der Waals surface area contributed by atoms with Crippen molar-refractivity contribution < 1.29 is 44.2 Å². The number of aliphatic hydroxyl groups is 4. The minimum Gasteiger partial charge on any atom is -0.476 e. The van der Waals surface area contributed by atoms with Gasteiger partial charge in [-0.15, -0.1) is 0 Å². The minimum atomic E-state index is -2.94. The van der Waals surface area contributed by atoms with Crippen molar-refractivity contribution in [2.24, 2.45) is 5.92 Å². The molecule has 9 heteroatoms. The molecule has 0 saturated carbocycles. The lowest BCUT2D eigenvalue weighted by Crippen LogP contribution is -2.69. The lowest BCUT2D eigenvalue weighted by Gasteiger charge is -2.47. The molecular weight excluding hydrogens is 375 g/mol. The lowest BCUT2D eigenvalue weighted by atomic mass is 9.83. The number of carbonyl (C=O) groups is 1. The molecule has 0 aliphatic carbocycles. The molecule has 7 atom stereocenters. The fourth-order valence-corrected chi connectivity index (χ4v) is 3.16. The van der Waals surface area contributed by atoms with Crippen molar-refractivity contribution >= 4 is 5.97 Å². The summed E-state index contributed by atoms with van der Waals surface area (Å²) in [7, 11) is 0. The van der Waals surface area contributed by atoms with Gasteiger partial charge in [-0.1, -0.05) is 32.9 Å². The van der Waals surface area contributed by atoms with E-state index >= 15 is 0 Å². The quantitative estimate of drug-likeness (QED) is 0.443. The van der Waals surface area contributed by atoms with Crippen LogP contribution >= 0.6 is 0 Å². The third-order valence-electron chi connectivity index (χ3n) is 5.06. The van der Waals surface area contributed by atoms with Crippen LogP contribution < -0.4 is 4.74 Å². The molecule has 8 nitrogen and oxygen atoms in total. The van der Waals surface area contributed by atoms with Gasteiger partial charge in [0.1, 0.15) is 18.0 Å². The summed E-state index contributed by atoms with van der Waals surface area (Å²) in [6, 6.07) is 6.28. The molecule has 2 unspecified atom stereocenters. The lowest BCUT2D eigenvalue weighted by molar-refractivity contribution is -0.317. The number of hydrogen-bond donors (Lipinski definition) is 5. The third kappa shape index (κ3) is 4.13. The zero-order chi connectivity index (χ0) is 21.2. The molecule has 1 fully saturated rings. The zero-order valence-corrected chi connectivity index (χ0v) is 15.9. The molecule has 1 aromatic rings. The Morgan fingerprint density at radius 1 is 1.29 bits per heavy atom. The van der Waals surface area contributed by atoms with Gasteiger partial charge in [0.25, 0.3) is 0 Å². The number of ether oxygens (including phenoxy) is 2. The Kier molecular flexibility index (Phi) is 7.00. The molecule has 1 aliphatic heterocycles. The smallest absolute Gasteiger partial charge is 0.380 e. The van der Waals surface area contributed by atoms with E-state index in [9.17, 15) is 29.6 Å². The number of carboxylic acid groups (broad SMARTS) is 1. The second-order valence-corrected chi connectivity index (χ2v) is 7.37. The van der Waals surface area contributed by atoms with Gasteiger partial charge in [0, 0.05) is 5.92 Å². The number of hydrogen-bond acceptors (Lipinski definition) is 7. The summed E-state index contributed by atoms with van der Waals surface area (Å²) in [6.45, 7) is 4.43. The predicted octanol–water partition coefficient (Wildman–Crippen LogP) is 0.418. The number of aliphatic hydroxyl groups excluding tert-OH is 4. The molecule has 1 aromatic carbocycles. The number of rotatable bonds is 7. The molecule has 0 bridgehead atoms. The minimum absolute atomic E-state index is 0.00727. The van der Waals surface area contributed by atoms with Crippen LogP contribution in [0, 0.1) is 5.92 Å². The first-order valence-corrected chi connectivity index (χ1v) is 9.04. The van der Waals surface area contributed by atoms with Crippen molar-refractivity contribution in [1.29, 1.82) is 0 Å². The topological polar surface area (TPSA) is 137 Å². The Hall–Kier alpha value is -1.78. The van der Waals surface area contributed by atoms with Gasteiger partial charge < -0.3 is 35.0 Å². The average Bonchev–Trinajstić information content (AvgIpc) is 2.67. The Morgan fingerprint density at radius 2 is 1.86 bits per heavy atom. The van der Waals surface area contributed by atoms with E-state index in [0.29, 0.717) is 0 Å². The number of aliphatic carboxylic acids is 1. The van der Waals surface area contributed by atoms with Crippen LogP contribution in [0.2, 0.25) is 0 Å². The standard InChI is InChI=1S/C19H27FO8/c1-9(2)11-4-6-12(7-5-11)27-19(18(25)26)17(20)14(23)10(3)16(28-19)15(24)13(22)8-21/h4-7,9-10,13-17,21-24H,8H2,1-3H3,(H,25,26)/t10-,13-,14+,15-,16?,17?,19+/m1/s1. The molecule has 0 amide bonds. The van der Waals surface area contributed by atoms with Crippen LogP contribution in [0.25, 0.3) is 0 Å². The van der Waals surface area contributed by atoms with E-state index in [1.807, 2.05) is 13.8 Å². The first-order chi connectivity index (χ1) is 13.0. The van der Waals surface area contributed by atoms with Crippen LogP contribution in [-0.4, -0.2) is 74.5 Å². The van der Waals surface area contributed by atoms with Crippen LogP contribution in [0.15, 0.2) is 24.3 Å². The van der Waals surface area contributed by atoms with Gasteiger partial charge in [-0.2, -0.15) is 0 Å². The van der Waals surface area contributed by atoms with Crippen molar-refractivity contribution in [3.63, 3.8) is 0 Å². The summed E-state index contributed by atoms with van der Waals surface area (Å²) >= 11 is 0. The molecule has 1 heterocycles. The molecule has 1 aliphatic rings. The monoisotopic (exact) mass is 402 g/mol. The second-order valence-electron chi connectivity index (χ2n) is 7.37. The number of halogens is 1. The van der Waals surface area contributed by atoms with Gasteiger partial charge in [-0.05, 0) is 23.6 Å². The maximum absolute atomic E-state index is 14.9. The van der Waals surface area contributed by atoms with Gasteiger partial charge in [-0.3, -0.25) is 0 Å². The van der Waals surface area contributed by atoms with Crippen LogP contribution in [0.4, 0.5) is 4.39 Å². The van der Waals surface area contributed by atoms with Gasteiger partial charge in [-0.25, -0.2) is 9.18 Å². The molecule has 2 rings (SSSR count). The van der Waals surface area contributed by atoms with Crippen molar-refractivity contribution in [3.8, 4) is 5.75 Å². The molecule has 0 radical (unpaired) electrons. The first-order valence-electron chi connectivity index (χ1n) is 9.04. The molecular formula is C19H27FO8. The Morgan fingerprint density at radius 3 is 2.32 bits per heavy atom. The second kappa shape index (κ2) is 8.71. The highest BCUT2D eigenvalue weighted by Gasteiger charge is 2.62. The number of benzene rings is 1. The van der Waals surface area contributed by atoms with Crippen molar-refractivity contribution in [2.75, 3.05) is 6.61 Å². The van der Waals surface area contributed by atoms with Gasteiger partial charge in [0.15, 0.2) is 0 Å². The maximum atomic E-state index is 14.9. The fourth-order valence-electron chi connectivity index (χ4n) is 3.16. The van der Waals surface area contributed by atoms with Crippen molar-refractivity contribution in [1.82, 2.24) is 0 Å². The molecule has 158 valence electrons. The van der Waals surface area contributed by atoms with Crippen LogP contribution in [-0.2, 0) is 9.53 Å². The van der Waals surface area contributed by atoms with E-state index in [1.165, 1.54) is 19.1 Å². The van der Waals surface area contributed by atoms with Gasteiger partial charge in [0.05, 0.1) is 18.8 Å². The average molecular weight is 402 g/mol. The first kappa shape index (κ1) is 22.5. The largest absolute Gasteiger partial charge is 0.476 e. The van der Waals surface area contributed by atoms with E-state index < -0.39 is 54.9 Å². The predicted molar refractivity (Wildman–Crippen MR) is 95.6 cm³/mol. The SMILES string of the molecule is CC(C)c1ccc(O[C@]2(C(=O)O)OC([C@H](O)[C@H](O)CO)[C@H](C)[C@H](O)C2F)cc1. The summed E-state index contributed by atoms with van der Waals surface area (Å²) in [5.74, 6) is -5.65. The Labute approximate surface area is 162 Å². The van der Waals surface area contributed by atoms with Crippen LogP contribution in [0.3, 0.4) is 0 Å². The summed E-state index contributed by atoms with van der Waals surface area (Å²) in [6.07, 6.45) is -9.28.